The lowest BCUT2D eigenvalue weighted by atomic mass is 10.0. The van der Waals surface area contributed by atoms with E-state index in [0.29, 0.717) is 0 Å². The van der Waals surface area contributed by atoms with Gasteiger partial charge in [0.25, 0.3) is 0 Å². The Balaban J connectivity index is 1.57. The second kappa shape index (κ2) is 7.21. The number of nitrogens with zero attached hydrogens (tertiary/aromatic N) is 3. The van der Waals surface area contributed by atoms with Crippen LogP contribution in [0.3, 0.4) is 0 Å². The molecule has 0 fully saturated rings. The van der Waals surface area contributed by atoms with Gasteiger partial charge in [-0.2, -0.15) is 0 Å². The van der Waals surface area contributed by atoms with Crippen molar-refractivity contribution in [1.29, 1.82) is 0 Å². The molecule has 0 bridgehead atoms. The number of fused-ring (bicyclic) bond motifs is 13. The largest absolute Gasteiger partial charge is 0.309 e. The third-order valence-electron chi connectivity index (χ3n) is 8.04. The highest BCUT2D eigenvalue weighted by Gasteiger charge is 2.20. The van der Waals surface area contributed by atoms with Crippen molar-refractivity contribution in [2.45, 2.75) is 0 Å². The minimum atomic E-state index is 0.997. The van der Waals surface area contributed by atoms with Crippen molar-refractivity contribution in [3.63, 3.8) is 0 Å². The van der Waals surface area contributed by atoms with Crippen molar-refractivity contribution in [2.24, 2.45) is 0 Å². The highest BCUT2D eigenvalue weighted by atomic mass is 15.0. The van der Waals surface area contributed by atoms with Gasteiger partial charge in [0.2, 0.25) is 0 Å². The number of imidazole rings is 1. The molecular formula is C35H21N3. The molecule has 0 aliphatic carbocycles. The molecule has 0 aliphatic rings. The highest BCUT2D eigenvalue weighted by molar-refractivity contribution is 6.28. The SMILES string of the molecule is c1ccc2cc(-n3c4ccccc4c4ccc5c(c6ccccc6n6c7ccccc7nc56)c43)ccc2c1. The third kappa shape index (κ3) is 2.50. The number of rotatable bonds is 1. The zero-order valence-electron chi connectivity index (χ0n) is 20.5. The second-order valence-corrected chi connectivity index (χ2v) is 10.0. The Morgan fingerprint density at radius 1 is 0.474 bits per heavy atom. The zero-order valence-corrected chi connectivity index (χ0v) is 20.5. The van der Waals surface area contributed by atoms with Crippen LogP contribution in [0.5, 0.6) is 0 Å². The van der Waals surface area contributed by atoms with E-state index in [-0.39, 0.29) is 0 Å². The molecule has 3 aromatic heterocycles. The lowest BCUT2D eigenvalue weighted by Gasteiger charge is -2.14. The summed E-state index contributed by atoms with van der Waals surface area (Å²) in [7, 11) is 0. The number of pyridine rings is 1. The Morgan fingerprint density at radius 2 is 1.16 bits per heavy atom. The van der Waals surface area contributed by atoms with Crippen LogP contribution >= 0.6 is 0 Å². The molecule has 0 saturated heterocycles. The predicted octanol–water partition coefficient (Wildman–Crippen LogP) is 9.04. The Morgan fingerprint density at radius 3 is 2.05 bits per heavy atom. The van der Waals surface area contributed by atoms with Crippen molar-refractivity contribution < 1.29 is 0 Å². The summed E-state index contributed by atoms with van der Waals surface area (Å²) in [6, 6.07) is 45.9. The molecule has 3 heterocycles. The highest BCUT2D eigenvalue weighted by Crippen LogP contribution is 2.41. The van der Waals surface area contributed by atoms with Gasteiger partial charge >= 0.3 is 0 Å². The summed E-state index contributed by atoms with van der Waals surface area (Å²) in [4.78, 5) is 5.15. The Kier molecular flexibility index (Phi) is 3.79. The summed E-state index contributed by atoms with van der Waals surface area (Å²) < 4.78 is 4.77. The van der Waals surface area contributed by atoms with E-state index in [9.17, 15) is 0 Å². The van der Waals surface area contributed by atoms with Gasteiger partial charge in [0.1, 0.15) is 5.65 Å². The fourth-order valence-electron chi connectivity index (χ4n) is 6.43. The third-order valence-corrected chi connectivity index (χ3v) is 8.04. The standard InChI is InChI=1S/C35H21N3/c1-2-10-23-21-24(18-17-22(23)9-1)37-30-14-6-3-11-25(30)26-19-20-28-33(34(26)37)27-12-4-7-15-31(27)38-32-16-8-5-13-29(32)36-35(28)38/h1-21H. The zero-order chi connectivity index (χ0) is 24.8. The minimum absolute atomic E-state index is 0.997. The molecule has 0 amide bonds. The first-order valence-corrected chi connectivity index (χ1v) is 13.0. The maximum absolute atomic E-state index is 5.15. The number of hydrogen-bond donors (Lipinski definition) is 0. The van der Waals surface area contributed by atoms with Gasteiger partial charge in [-0.05, 0) is 53.2 Å². The second-order valence-electron chi connectivity index (χ2n) is 10.0. The maximum atomic E-state index is 5.15. The number of aromatic nitrogens is 3. The molecule has 9 rings (SSSR count). The molecule has 3 nitrogen and oxygen atoms in total. The van der Waals surface area contributed by atoms with Gasteiger partial charge in [0, 0.05) is 32.6 Å². The fraction of sp³-hybridized carbons (Fsp3) is 0. The maximum Gasteiger partial charge on any atom is 0.146 e. The summed E-state index contributed by atoms with van der Waals surface area (Å²) in [6.07, 6.45) is 0. The number of para-hydroxylation sites is 4. The van der Waals surface area contributed by atoms with Crippen molar-refractivity contribution >= 4 is 70.9 Å². The van der Waals surface area contributed by atoms with Crippen molar-refractivity contribution in [3.8, 4) is 5.69 Å². The Hall–Kier alpha value is -5.15. The molecular weight excluding hydrogens is 462 g/mol. The van der Waals surface area contributed by atoms with Gasteiger partial charge in [-0.1, -0.05) is 84.9 Å². The van der Waals surface area contributed by atoms with Gasteiger partial charge in [-0.15, -0.1) is 0 Å². The van der Waals surface area contributed by atoms with Crippen LogP contribution in [0.1, 0.15) is 0 Å². The first-order chi connectivity index (χ1) is 18.9. The van der Waals surface area contributed by atoms with E-state index in [1.165, 1.54) is 54.6 Å². The van der Waals surface area contributed by atoms with Crippen LogP contribution in [0, 0.1) is 0 Å². The topological polar surface area (TPSA) is 22.2 Å². The van der Waals surface area contributed by atoms with Gasteiger partial charge < -0.3 is 4.57 Å². The molecule has 0 saturated carbocycles. The molecule has 0 unspecified atom stereocenters. The van der Waals surface area contributed by atoms with Crippen molar-refractivity contribution in [2.75, 3.05) is 0 Å². The fourth-order valence-corrected chi connectivity index (χ4v) is 6.43. The van der Waals surface area contributed by atoms with E-state index < -0.39 is 0 Å². The quantitative estimate of drug-likeness (QED) is 0.214. The number of benzene rings is 6. The molecule has 0 radical (unpaired) electrons. The van der Waals surface area contributed by atoms with Crippen LogP contribution in [0.15, 0.2) is 127 Å². The smallest absolute Gasteiger partial charge is 0.146 e. The van der Waals surface area contributed by atoms with E-state index in [1.54, 1.807) is 0 Å². The summed E-state index contributed by atoms with van der Waals surface area (Å²) in [5.74, 6) is 0. The van der Waals surface area contributed by atoms with E-state index in [1.807, 2.05) is 0 Å². The Labute approximate surface area is 217 Å². The van der Waals surface area contributed by atoms with E-state index in [0.717, 1.165) is 22.1 Å². The van der Waals surface area contributed by atoms with Gasteiger partial charge in [-0.3, -0.25) is 4.40 Å². The first kappa shape index (κ1) is 20.0. The summed E-state index contributed by atoms with van der Waals surface area (Å²) in [5.41, 5.74) is 7.92. The summed E-state index contributed by atoms with van der Waals surface area (Å²) >= 11 is 0. The van der Waals surface area contributed by atoms with Crippen LogP contribution in [0.4, 0.5) is 0 Å². The van der Waals surface area contributed by atoms with Gasteiger partial charge in [0.05, 0.1) is 27.6 Å². The van der Waals surface area contributed by atoms with Crippen LogP contribution in [0.2, 0.25) is 0 Å². The van der Waals surface area contributed by atoms with Crippen molar-refractivity contribution in [3.05, 3.63) is 127 Å². The lowest BCUT2D eigenvalue weighted by Crippen LogP contribution is -1.97. The predicted molar refractivity (Wildman–Crippen MR) is 160 cm³/mol. The summed E-state index contributed by atoms with van der Waals surface area (Å²) in [5, 5.41) is 8.64. The van der Waals surface area contributed by atoms with Crippen LogP contribution in [-0.4, -0.2) is 14.0 Å². The van der Waals surface area contributed by atoms with E-state index in [2.05, 4.69) is 136 Å². The monoisotopic (exact) mass is 483 g/mol. The van der Waals surface area contributed by atoms with Crippen molar-refractivity contribution in [1.82, 2.24) is 14.0 Å². The molecule has 176 valence electrons. The first-order valence-electron chi connectivity index (χ1n) is 13.0. The average molecular weight is 484 g/mol. The van der Waals surface area contributed by atoms with Crippen LogP contribution < -0.4 is 0 Å². The molecule has 0 aliphatic heterocycles. The average Bonchev–Trinajstić information content (AvgIpc) is 3.53. The van der Waals surface area contributed by atoms with E-state index >= 15 is 0 Å². The molecule has 3 heteroatoms. The number of hydrogen-bond acceptors (Lipinski definition) is 1. The molecule has 0 N–H and O–H groups in total. The normalized spacial score (nSPS) is 12.2. The molecule has 9 aromatic rings. The molecule has 0 spiro atoms. The van der Waals surface area contributed by atoms with E-state index in [4.69, 9.17) is 4.98 Å². The molecule has 6 aromatic carbocycles. The summed E-state index contributed by atoms with van der Waals surface area (Å²) in [6.45, 7) is 0. The Bertz CT molecular complexity index is 2410. The molecule has 38 heavy (non-hydrogen) atoms. The van der Waals surface area contributed by atoms with Gasteiger partial charge in [-0.25, -0.2) is 4.98 Å². The molecule has 0 atom stereocenters. The van der Waals surface area contributed by atoms with Gasteiger partial charge in [0.15, 0.2) is 0 Å². The van der Waals surface area contributed by atoms with Crippen LogP contribution in [0.25, 0.3) is 76.6 Å². The lowest BCUT2D eigenvalue weighted by molar-refractivity contribution is 1.19. The minimum Gasteiger partial charge on any atom is -0.309 e. The van der Waals surface area contributed by atoms with Crippen LogP contribution in [-0.2, 0) is 0 Å².